The van der Waals surface area contributed by atoms with E-state index < -0.39 is 17.7 Å². The molecule has 0 aromatic heterocycles. The lowest BCUT2D eigenvalue weighted by Gasteiger charge is -2.20. The molecule has 0 spiro atoms. The van der Waals surface area contributed by atoms with Crippen molar-refractivity contribution in [1.29, 1.82) is 0 Å². The van der Waals surface area contributed by atoms with Crippen LogP contribution < -0.4 is 10.1 Å². The van der Waals surface area contributed by atoms with Gasteiger partial charge in [0, 0.05) is 21.7 Å². The average Bonchev–Trinajstić information content (AvgIpc) is 2.43. The van der Waals surface area contributed by atoms with E-state index in [1.807, 2.05) is 12.1 Å². The van der Waals surface area contributed by atoms with Crippen molar-refractivity contribution in [2.75, 3.05) is 14.2 Å². The quantitative estimate of drug-likeness (QED) is 0.905. The van der Waals surface area contributed by atoms with E-state index in [0.717, 1.165) is 16.1 Å². The minimum atomic E-state index is -0.594. The Morgan fingerprint density at radius 2 is 1.80 bits per heavy atom. The van der Waals surface area contributed by atoms with E-state index in [0.29, 0.717) is 11.3 Å². The summed E-state index contributed by atoms with van der Waals surface area (Å²) in [6.45, 7) is 0. The third kappa shape index (κ3) is 2.99. The summed E-state index contributed by atoms with van der Waals surface area (Å²) < 4.78 is 33.2. The number of hydrogen-bond donors (Lipinski definition) is 1. The Kier molecular flexibility index (Phi) is 4.73. The van der Waals surface area contributed by atoms with Gasteiger partial charge in [-0.1, -0.05) is 28.1 Å². The fraction of sp³-hybridized carbons (Fsp3) is 0.200. The molecule has 2 aromatic carbocycles. The zero-order valence-electron chi connectivity index (χ0n) is 11.1. The molecule has 1 N–H and O–H groups in total. The van der Waals surface area contributed by atoms with Crippen LogP contribution in [0, 0.1) is 11.6 Å². The van der Waals surface area contributed by atoms with E-state index in [-0.39, 0.29) is 0 Å². The first-order valence-corrected chi connectivity index (χ1v) is 6.81. The molecule has 106 valence electrons. The van der Waals surface area contributed by atoms with Crippen LogP contribution in [-0.2, 0) is 0 Å². The zero-order chi connectivity index (χ0) is 14.7. The van der Waals surface area contributed by atoms with Crippen LogP contribution >= 0.6 is 15.9 Å². The van der Waals surface area contributed by atoms with Gasteiger partial charge in [-0.15, -0.1) is 0 Å². The van der Waals surface area contributed by atoms with Crippen molar-refractivity contribution in [3.63, 3.8) is 0 Å². The summed E-state index contributed by atoms with van der Waals surface area (Å²) in [4.78, 5) is 0. The topological polar surface area (TPSA) is 21.3 Å². The van der Waals surface area contributed by atoms with Gasteiger partial charge in [0.05, 0.1) is 13.2 Å². The van der Waals surface area contributed by atoms with E-state index in [1.165, 1.54) is 12.1 Å². The van der Waals surface area contributed by atoms with E-state index in [2.05, 4.69) is 21.2 Å². The highest BCUT2D eigenvalue weighted by Crippen LogP contribution is 2.33. The number of halogens is 3. The summed E-state index contributed by atoms with van der Waals surface area (Å²) in [5.41, 5.74) is 1.15. The third-order valence-electron chi connectivity index (χ3n) is 3.07. The normalized spacial score (nSPS) is 12.2. The first kappa shape index (κ1) is 14.9. The number of benzene rings is 2. The second kappa shape index (κ2) is 6.33. The Morgan fingerprint density at radius 1 is 1.10 bits per heavy atom. The molecule has 5 heteroatoms. The van der Waals surface area contributed by atoms with Crippen LogP contribution in [0.1, 0.15) is 17.2 Å². The third-order valence-corrected chi connectivity index (χ3v) is 3.56. The molecule has 2 rings (SSSR count). The minimum absolute atomic E-state index is 0.370. The summed E-state index contributed by atoms with van der Waals surface area (Å²) in [5.74, 6) is -0.555. The van der Waals surface area contributed by atoms with E-state index in [4.69, 9.17) is 4.74 Å². The van der Waals surface area contributed by atoms with Gasteiger partial charge in [0.15, 0.2) is 0 Å². The Morgan fingerprint density at radius 3 is 2.40 bits per heavy atom. The van der Waals surface area contributed by atoms with Gasteiger partial charge in [-0.05, 0) is 25.2 Å². The maximum atomic E-state index is 14.0. The summed E-state index contributed by atoms with van der Waals surface area (Å²) in [6, 6.07) is 8.64. The minimum Gasteiger partial charge on any atom is -0.496 e. The highest BCUT2D eigenvalue weighted by Gasteiger charge is 2.20. The van der Waals surface area contributed by atoms with E-state index in [1.54, 1.807) is 20.2 Å². The maximum absolute atomic E-state index is 14.0. The second-order valence-electron chi connectivity index (χ2n) is 4.27. The van der Waals surface area contributed by atoms with Gasteiger partial charge in [0.2, 0.25) is 0 Å². The summed E-state index contributed by atoms with van der Waals surface area (Å²) in [6.07, 6.45) is 0. The van der Waals surface area contributed by atoms with E-state index >= 15 is 0 Å². The molecule has 2 nitrogen and oxygen atoms in total. The van der Waals surface area contributed by atoms with Crippen molar-refractivity contribution in [3.8, 4) is 5.75 Å². The van der Waals surface area contributed by atoms with Crippen LogP contribution in [0.4, 0.5) is 8.78 Å². The first-order valence-electron chi connectivity index (χ1n) is 6.02. The summed E-state index contributed by atoms with van der Waals surface area (Å²) in [7, 11) is 3.27. The largest absolute Gasteiger partial charge is 0.496 e. The molecule has 0 aliphatic carbocycles. The molecule has 0 amide bonds. The Hall–Kier alpha value is -1.46. The molecular weight excluding hydrogens is 328 g/mol. The molecule has 0 aliphatic heterocycles. The number of ether oxygens (including phenoxy) is 1. The van der Waals surface area contributed by atoms with Crippen LogP contribution in [-0.4, -0.2) is 14.2 Å². The molecule has 0 radical (unpaired) electrons. The van der Waals surface area contributed by atoms with Gasteiger partial charge in [-0.2, -0.15) is 0 Å². The highest BCUT2D eigenvalue weighted by atomic mass is 79.9. The molecule has 2 aromatic rings. The maximum Gasteiger partial charge on any atom is 0.131 e. The van der Waals surface area contributed by atoms with Crippen LogP contribution in [0.3, 0.4) is 0 Å². The van der Waals surface area contributed by atoms with Crippen molar-refractivity contribution < 1.29 is 13.5 Å². The van der Waals surface area contributed by atoms with E-state index in [9.17, 15) is 8.78 Å². The van der Waals surface area contributed by atoms with Crippen LogP contribution in [0.25, 0.3) is 0 Å². The Bertz CT molecular complexity index is 619. The van der Waals surface area contributed by atoms with Gasteiger partial charge in [0.1, 0.15) is 17.4 Å². The van der Waals surface area contributed by atoms with Crippen LogP contribution in [0.2, 0.25) is 0 Å². The summed E-state index contributed by atoms with van der Waals surface area (Å²) >= 11 is 3.36. The number of methoxy groups -OCH3 is 1. The first-order chi connectivity index (χ1) is 9.56. The van der Waals surface area contributed by atoms with Crippen LogP contribution in [0.5, 0.6) is 5.75 Å². The lowest BCUT2D eigenvalue weighted by atomic mass is 9.97. The molecule has 1 unspecified atom stereocenters. The van der Waals surface area contributed by atoms with Crippen molar-refractivity contribution in [3.05, 3.63) is 63.6 Å². The SMILES string of the molecule is CNC(c1ccc(F)cc1F)c1ccc(Br)cc1OC. The van der Waals surface area contributed by atoms with Gasteiger partial charge < -0.3 is 10.1 Å². The zero-order valence-corrected chi connectivity index (χ0v) is 12.7. The van der Waals surface area contributed by atoms with Crippen molar-refractivity contribution in [2.24, 2.45) is 0 Å². The second-order valence-corrected chi connectivity index (χ2v) is 5.19. The van der Waals surface area contributed by atoms with Crippen LogP contribution in [0.15, 0.2) is 40.9 Å². The fourth-order valence-corrected chi connectivity index (χ4v) is 2.48. The Balaban J connectivity index is 2.52. The molecule has 0 saturated carbocycles. The molecular formula is C15H14BrF2NO. The van der Waals surface area contributed by atoms with Gasteiger partial charge in [0.25, 0.3) is 0 Å². The lowest BCUT2D eigenvalue weighted by molar-refractivity contribution is 0.404. The average molecular weight is 342 g/mol. The standard InChI is InChI=1S/C15H14BrF2NO/c1-19-15(11-6-4-10(17)8-13(11)18)12-5-3-9(16)7-14(12)20-2/h3-8,15,19H,1-2H3. The smallest absolute Gasteiger partial charge is 0.131 e. The molecule has 0 aliphatic rings. The predicted molar refractivity (Wildman–Crippen MR) is 78.0 cm³/mol. The van der Waals surface area contributed by atoms with Crippen molar-refractivity contribution in [2.45, 2.75) is 6.04 Å². The van der Waals surface area contributed by atoms with Gasteiger partial charge in [-0.3, -0.25) is 0 Å². The molecule has 0 bridgehead atoms. The van der Waals surface area contributed by atoms with Gasteiger partial charge >= 0.3 is 0 Å². The van der Waals surface area contributed by atoms with Crippen molar-refractivity contribution in [1.82, 2.24) is 5.32 Å². The highest BCUT2D eigenvalue weighted by molar-refractivity contribution is 9.10. The summed E-state index contributed by atoms with van der Waals surface area (Å²) in [5, 5.41) is 3.03. The fourth-order valence-electron chi connectivity index (χ4n) is 2.14. The number of nitrogens with one attached hydrogen (secondary N) is 1. The van der Waals surface area contributed by atoms with Gasteiger partial charge in [-0.25, -0.2) is 8.78 Å². The lowest BCUT2D eigenvalue weighted by Crippen LogP contribution is -2.19. The monoisotopic (exact) mass is 341 g/mol. The Labute approximate surface area is 124 Å². The molecule has 20 heavy (non-hydrogen) atoms. The molecule has 0 saturated heterocycles. The molecule has 0 heterocycles. The molecule has 1 atom stereocenters. The number of hydrogen-bond acceptors (Lipinski definition) is 2. The molecule has 0 fully saturated rings. The predicted octanol–water partition coefficient (Wildman–Crippen LogP) is 4.04. The number of rotatable bonds is 4. The van der Waals surface area contributed by atoms with Crippen molar-refractivity contribution >= 4 is 15.9 Å².